The van der Waals surface area contributed by atoms with Gasteiger partial charge in [-0.15, -0.1) is 0 Å². The van der Waals surface area contributed by atoms with E-state index in [1.54, 1.807) is 0 Å². The molecular formula is C86H81BN4. The first-order valence-electron chi connectivity index (χ1n) is 33.0. The summed E-state index contributed by atoms with van der Waals surface area (Å²) in [7, 11) is 0. The van der Waals surface area contributed by atoms with Gasteiger partial charge < -0.3 is 19.4 Å². The molecule has 3 aliphatic rings. The standard InChI is InChI=1S/C86H81BN4/c1-82(2,3)59-30-23-54(24-31-59)58-29-40-79-72(47-58)87-71-38-36-63(90-75-22-18-17-21-65(75)66-45-56(28-39-76(66)90)53-19-15-14-16-20-53)50-73(71)88-74-51-64(91-77-41-32-60(83(4,5)6)48-67(77)68-49-61(84(7,8)9)33-42-78(68)91)52-80(81(74)87)89(79)62-34-25-55(26-35-62)57-27-37-69-70(46-57)86(12,13)44-43-85(69,10)11/h14-42,45-52,88H,43-44H2,1-13H3. The van der Waals surface area contributed by atoms with Crippen molar-refractivity contribution in [3.05, 3.63) is 252 Å². The first kappa shape index (κ1) is 56.9. The summed E-state index contributed by atoms with van der Waals surface area (Å²) in [4.78, 5) is 2.58. The molecule has 0 saturated heterocycles. The number of nitrogens with zero attached hydrogens (tertiary/aromatic N) is 3. The van der Waals surface area contributed by atoms with Crippen LogP contribution in [0.4, 0.5) is 28.4 Å². The summed E-state index contributed by atoms with van der Waals surface area (Å²) in [6.07, 6.45) is 2.38. The van der Waals surface area contributed by atoms with Crippen LogP contribution in [0.3, 0.4) is 0 Å². The van der Waals surface area contributed by atoms with Crippen LogP contribution in [-0.2, 0) is 27.1 Å². The fraction of sp³-hybridized carbons (Fsp3) is 0.233. The summed E-state index contributed by atoms with van der Waals surface area (Å²) >= 11 is 0. The number of hydrogen-bond acceptors (Lipinski definition) is 2. The Hall–Kier alpha value is -9.32. The maximum absolute atomic E-state index is 4.25. The van der Waals surface area contributed by atoms with E-state index in [2.05, 4.69) is 334 Å². The Labute approximate surface area is 538 Å². The third-order valence-corrected chi connectivity index (χ3v) is 21.1. The highest BCUT2D eigenvalue weighted by Gasteiger charge is 2.43. The molecule has 2 aromatic heterocycles. The van der Waals surface area contributed by atoms with Gasteiger partial charge in [0.25, 0.3) is 6.71 Å². The molecule has 4 nitrogen and oxygen atoms in total. The Morgan fingerprint density at radius 1 is 0.341 bits per heavy atom. The Morgan fingerprint density at radius 3 is 1.48 bits per heavy atom. The van der Waals surface area contributed by atoms with Crippen molar-refractivity contribution in [3.63, 3.8) is 0 Å². The highest BCUT2D eigenvalue weighted by Crippen LogP contribution is 2.49. The monoisotopic (exact) mass is 1180 g/mol. The van der Waals surface area contributed by atoms with E-state index in [0.717, 1.165) is 28.4 Å². The molecule has 448 valence electrons. The highest BCUT2D eigenvalue weighted by molar-refractivity contribution is 7.00. The molecule has 4 heterocycles. The van der Waals surface area contributed by atoms with Crippen molar-refractivity contribution in [2.75, 3.05) is 10.2 Å². The lowest BCUT2D eigenvalue weighted by atomic mass is 9.33. The minimum Gasteiger partial charge on any atom is -0.356 e. The zero-order chi connectivity index (χ0) is 62.8. The fourth-order valence-corrected chi connectivity index (χ4v) is 15.6. The van der Waals surface area contributed by atoms with Gasteiger partial charge in [0.15, 0.2) is 0 Å². The molecule has 11 aromatic carbocycles. The molecule has 5 heteroatoms. The second-order valence-electron chi connectivity index (χ2n) is 31.0. The molecule has 0 saturated carbocycles. The summed E-state index contributed by atoms with van der Waals surface area (Å²) in [5, 5.41) is 9.28. The van der Waals surface area contributed by atoms with Crippen molar-refractivity contribution in [1.82, 2.24) is 9.13 Å². The quantitative estimate of drug-likeness (QED) is 0.168. The van der Waals surface area contributed by atoms with Crippen LogP contribution in [0.1, 0.15) is 131 Å². The number of aromatic nitrogens is 2. The van der Waals surface area contributed by atoms with E-state index in [4.69, 9.17) is 0 Å². The Kier molecular flexibility index (Phi) is 12.6. The molecule has 0 unspecified atom stereocenters. The lowest BCUT2D eigenvalue weighted by molar-refractivity contribution is 0.332. The van der Waals surface area contributed by atoms with Gasteiger partial charge in [-0.3, -0.25) is 0 Å². The lowest BCUT2D eigenvalue weighted by Crippen LogP contribution is -2.60. The SMILES string of the molecule is CC(C)(C)c1ccc(-c2ccc3c(c2)B2c4ccc(-n5c6ccccc6c6cc(-c7ccccc7)ccc65)cc4Nc4cc(-n5c6ccc(C(C)(C)C)cc6c6cc(C(C)(C)C)ccc65)cc(c42)N3c2ccc(-c3ccc4c(c3)C(C)(C)CCC4(C)C)cc2)cc1. The van der Waals surface area contributed by atoms with Crippen LogP contribution < -0.4 is 26.6 Å². The summed E-state index contributed by atoms with van der Waals surface area (Å²) < 4.78 is 5.02. The van der Waals surface area contributed by atoms with Crippen molar-refractivity contribution in [1.29, 1.82) is 0 Å². The van der Waals surface area contributed by atoms with Gasteiger partial charge in [-0.1, -0.05) is 230 Å². The van der Waals surface area contributed by atoms with Crippen LogP contribution in [0, 0.1) is 0 Å². The van der Waals surface area contributed by atoms with Gasteiger partial charge in [0.2, 0.25) is 0 Å². The van der Waals surface area contributed by atoms with Crippen molar-refractivity contribution < 1.29 is 0 Å². The van der Waals surface area contributed by atoms with Crippen molar-refractivity contribution in [3.8, 4) is 44.8 Å². The van der Waals surface area contributed by atoms with Gasteiger partial charge in [0.05, 0.1) is 27.8 Å². The topological polar surface area (TPSA) is 25.1 Å². The summed E-state index contributed by atoms with van der Waals surface area (Å²) in [5.74, 6) is 0. The first-order valence-corrected chi connectivity index (χ1v) is 33.0. The zero-order valence-electron chi connectivity index (χ0n) is 55.2. The average molecular weight is 1180 g/mol. The van der Waals surface area contributed by atoms with Crippen molar-refractivity contribution in [2.24, 2.45) is 0 Å². The predicted molar refractivity (Wildman–Crippen MR) is 392 cm³/mol. The zero-order valence-corrected chi connectivity index (χ0v) is 55.2. The minimum absolute atomic E-state index is 0.0254. The highest BCUT2D eigenvalue weighted by atomic mass is 15.2. The van der Waals surface area contributed by atoms with Crippen LogP contribution in [0.5, 0.6) is 0 Å². The van der Waals surface area contributed by atoms with E-state index < -0.39 is 0 Å². The third kappa shape index (κ3) is 9.23. The van der Waals surface area contributed by atoms with Crippen molar-refractivity contribution in [2.45, 2.75) is 130 Å². The lowest BCUT2D eigenvalue weighted by Gasteiger charge is -2.42. The van der Waals surface area contributed by atoms with Gasteiger partial charge >= 0.3 is 0 Å². The van der Waals surface area contributed by atoms with Crippen LogP contribution in [0.25, 0.3) is 88.4 Å². The molecule has 0 atom stereocenters. The number of anilines is 5. The van der Waals surface area contributed by atoms with E-state index in [9.17, 15) is 0 Å². The number of hydrogen-bond donors (Lipinski definition) is 1. The first-order chi connectivity index (χ1) is 43.5. The van der Waals surface area contributed by atoms with Gasteiger partial charge in [0, 0.05) is 55.7 Å². The molecule has 1 aliphatic carbocycles. The molecule has 2 aliphatic heterocycles. The van der Waals surface area contributed by atoms with Crippen molar-refractivity contribution >= 4 is 95.1 Å². The molecule has 0 spiro atoms. The van der Waals surface area contributed by atoms with Crippen LogP contribution in [-0.4, -0.2) is 15.8 Å². The average Bonchev–Trinajstić information content (AvgIpc) is 1.43. The van der Waals surface area contributed by atoms with Crippen LogP contribution in [0.2, 0.25) is 0 Å². The largest absolute Gasteiger partial charge is 0.356 e. The maximum Gasteiger partial charge on any atom is 0.252 e. The number of rotatable bonds is 6. The Bertz CT molecular complexity index is 5060. The van der Waals surface area contributed by atoms with E-state index in [-0.39, 0.29) is 33.8 Å². The van der Waals surface area contributed by atoms with E-state index >= 15 is 0 Å². The smallest absolute Gasteiger partial charge is 0.252 e. The van der Waals surface area contributed by atoms with Crippen LogP contribution >= 0.6 is 0 Å². The van der Waals surface area contributed by atoms with Gasteiger partial charge in [0.1, 0.15) is 0 Å². The Balaban J connectivity index is 0.937. The molecule has 0 radical (unpaired) electrons. The number of para-hydroxylation sites is 1. The minimum atomic E-state index is -0.0970. The number of nitrogens with one attached hydrogen (secondary N) is 1. The third-order valence-electron chi connectivity index (χ3n) is 21.1. The number of benzene rings is 11. The second kappa shape index (κ2) is 20.1. The van der Waals surface area contributed by atoms with Gasteiger partial charge in [-0.2, -0.15) is 0 Å². The molecule has 91 heavy (non-hydrogen) atoms. The summed E-state index contributed by atoms with van der Waals surface area (Å²) in [6.45, 7) is 30.5. The second-order valence-corrected chi connectivity index (χ2v) is 31.0. The van der Waals surface area contributed by atoms with E-state index in [0.29, 0.717) is 0 Å². The Morgan fingerprint density at radius 2 is 0.824 bits per heavy atom. The molecule has 0 amide bonds. The molecule has 13 aromatic rings. The molecule has 1 N–H and O–H groups in total. The predicted octanol–water partition coefficient (Wildman–Crippen LogP) is 21.5. The normalized spacial score (nSPS) is 15.0. The summed E-state index contributed by atoms with van der Waals surface area (Å²) in [6, 6.07) is 86.6. The van der Waals surface area contributed by atoms with E-state index in [1.807, 2.05) is 0 Å². The molecule has 16 rings (SSSR count). The maximum atomic E-state index is 4.25. The van der Waals surface area contributed by atoms with E-state index in [1.165, 1.54) is 145 Å². The molecular weight excluding hydrogens is 1100 g/mol. The summed E-state index contributed by atoms with van der Waals surface area (Å²) in [5.41, 5.74) is 31.1. The molecule has 0 bridgehead atoms. The number of fused-ring (bicyclic) bond motifs is 11. The van der Waals surface area contributed by atoms with Gasteiger partial charge in [-0.05, 0) is 202 Å². The molecule has 0 fully saturated rings. The van der Waals surface area contributed by atoms with Crippen LogP contribution in [0.15, 0.2) is 224 Å². The van der Waals surface area contributed by atoms with Gasteiger partial charge in [-0.25, -0.2) is 0 Å². The fourth-order valence-electron chi connectivity index (χ4n) is 15.6.